The van der Waals surface area contributed by atoms with Crippen molar-refractivity contribution in [3.05, 3.63) is 12.7 Å². The van der Waals surface area contributed by atoms with Crippen molar-refractivity contribution < 1.29 is 5.11 Å². The van der Waals surface area contributed by atoms with Crippen molar-refractivity contribution in [3.63, 3.8) is 0 Å². The van der Waals surface area contributed by atoms with E-state index >= 15 is 0 Å². The van der Waals surface area contributed by atoms with Gasteiger partial charge in [0, 0.05) is 45.8 Å². The molecule has 4 nitrogen and oxygen atoms in total. The molecular weight excluding hydrogens is 202 g/mol. The molecule has 1 N–H and O–H groups in total. The van der Waals surface area contributed by atoms with Crippen LogP contribution in [0.2, 0.25) is 0 Å². The van der Waals surface area contributed by atoms with Crippen LogP contribution in [0.15, 0.2) is 12.7 Å². The van der Waals surface area contributed by atoms with Crippen molar-refractivity contribution >= 4 is 0 Å². The number of rotatable bonds is 6. The maximum Gasteiger partial charge on any atom is 0.0793 e. The lowest BCUT2D eigenvalue weighted by Crippen LogP contribution is -2.48. The first-order valence-corrected chi connectivity index (χ1v) is 6.00. The Morgan fingerprint density at radius 1 is 1.38 bits per heavy atom. The molecule has 1 heterocycles. The number of aliphatic hydroxyl groups excluding tert-OH is 1. The Morgan fingerprint density at radius 2 is 2.00 bits per heavy atom. The highest BCUT2D eigenvalue weighted by molar-refractivity contribution is 4.76. The minimum Gasteiger partial charge on any atom is -0.390 e. The minimum atomic E-state index is -0.256. The Hall–Kier alpha value is -0.420. The maximum atomic E-state index is 9.93. The van der Waals surface area contributed by atoms with Gasteiger partial charge >= 0.3 is 0 Å². The Labute approximate surface area is 99.1 Å². The zero-order chi connectivity index (χ0) is 12.0. The molecule has 1 atom stereocenters. The molecule has 16 heavy (non-hydrogen) atoms. The molecule has 1 aliphatic heterocycles. The average Bonchev–Trinajstić information content (AvgIpc) is 2.21. The van der Waals surface area contributed by atoms with Crippen LogP contribution in [-0.2, 0) is 0 Å². The van der Waals surface area contributed by atoms with Crippen LogP contribution in [0.25, 0.3) is 0 Å². The molecule has 0 aromatic carbocycles. The molecule has 4 heteroatoms. The Morgan fingerprint density at radius 3 is 2.56 bits per heavy atom. The van der Waals surface area contributed by atoms with Gasteiger partial charge in [-0.2, -0.15) is 0 Å². The fourth-order valence-electron chi connectivity index (χ4n) is 2.04. The Bertz CT molecular complexity index is 202. The van der Waals surface area contributed by atoms with E-state index in [0.29, 0.717) is 0 Å². The number of hydrogen-bond acceptors (Lipinski definition) is 4. The van der Waals surface area contributed by atoms with E-state index < -0.39 is 0 Å². The lowest BCUT2D eigenvalue weighted by molar-refractivity contribution is 0.0629. The van der Waals surface area contributed by atoms with Gasteiger partial charge in [-0.15, -0.1) is 6.58 Å². The van der Waals surface area contributed by atoms with Crippen LogP contribution in [0.4, 0.5) is 0 Å². The molecule has 0 radical (unpaired) electrons. The standard InChI is InChI=1S/C12H25N3O/c1-4-5-14(3)10-12(16)11-15-8-6-13(2)7-9-15/h4,12,16H,1,5-11H2,2-3H3. The molecule has 0 spiro atoms. The van der Waals surface area contributed by atoms with Gasteiger partial charge in [0.2, 0.25) is 0 Å². The van der Waals surface area contributed by atoms with E-state index in [9.17, 15) is 5.11 Å². The smallest absolute Gasteiger partial charge is 0.0793 e. The van der Waals surface area contributed by atoms with Crippen LogP contribution < -0.4 is 0 Å². The number of aliphatic hydroxyl groups is 1. The third-order valence-electron chi connectivity index (χ3n) is 3.03. The molecule has 0 aliphatic carbocycles. The van der Waals surface area contributed by atoms with Crippen molar-refractivity contribution in [2.75, 3.05) is 59.9 Å². The second-order valence-electron chi connectivity index (χ2n) is 4.77. The van der Waals surface area contributed by atoms with Crippen LogP contribution in [-0.4, -0.2) is 85.8 Å². The molecule has 1 saturated heterocycles. The lowest BCUT2D eigenvalue weighted by atomic mass is 10.2. The van der Waals surface area contributed by atoms with Crippen molar-refractivity contribution in [1.82, 2.24) is 14.7 Å². The normalized spacial score (nSPS) is 21.2. The van der Waals surface area contributed by atoms with E-state index in [1.165, 1.54) is 0 Å². The Balaban J connectivity index is 2.18. The molecule has 1 rings (SSSR count). The third kappa shape index (κ3) is 5.07. The van der Waals surface area contributed by atoms with Gasteiger partial charge in [0.1, 0.15) is 0 Å². The maximum absolute atomic E-state index is 9.93. The van der Waals surface area contributed by atoms with Crippen molar-refractivity contribution in [3.8, 4) is 0 Å². The van der Waals surface area contributed by atoms with Crippen LogP contribution in [0.1, 0.15) is 0 Å². The zero-order valence-electron chi connectivity index (χ0n) is 10.6. The van der Waals surface area contributed by atoms with Crippen LogP contribution >= 0.6 is 0 Å². The number of β-amino-alcohol motifs (C(OH)–C–C–N with tert-alkyl or cyclic N) is 1. The van der Waals surface area contributed by atoms with Crippen LogP contribution in [0, 0.1) is 0 Å². The molecule has 0 saturated carbocycles. The summed E-state index contributed by atoms with van der Waals surface area (Å²) in [4.78, 5) is 6.76. The third-order valence-corrected chi connectivity index (χ3v) is 3.03. The highest BCUT2D eigenvalue weighted by Gasteiger charge is 2.17. The molecule has 0 amide bonds. The number of piperazine rings is 1. The fourth-order valence-corrected chi connectivity index (χ4v) is 2.04. The summed E-state index contributed by atoms with van der Waals surface area (Å²) in [5.41, 5.74) is 0. The molecule has 0 aromatic heterocycles. The second kappa shape index (κ2) is 7.01. The van der Waals surface area contributed by atoms with Gasteiger partial charge < -0.3 is 14.9 Å². The molecule has 0 bridgehead atoms. The van der Waals surface area contributed by atoms with Gasteiger partial charge in [-0.05, 0) is 14.1 Å². The minimum absolute atomic E-state index is 0.256. The van der Waals surface area contributed by atoms with Crippen molar-refractivity contribution in [2.45, 2.75) is 6.10 Å². The molecule has 1 fully saturated rings. The predicted molar refractivity (Wildman–Crippen MR) is 67.6 cm³/mol. The summed E-state index contributed by atoms with van der Waals surface area (Å²) in [6.07, 6.45) is 1.61. The second-order valence-corrected chi connectivity index (χ2v) is 4.77. The summed E-state index contributed by atoms with van der Waals surface area (Å²) in [5, 5.41) is 9.93. The molecule has 1 aliphatic rings. The summed E-state index contributed by atoms with van der Waals surface area (Å²) in [6, 6.07) is 0. The zero-order valence-corrected chi connectivity index (χ0v) is 10.6. The van der Waals surface area contributed by atoms with Crippen molar-refractivity contribution in [2.24, 2.45) is 0 Å². The quantitative estimate of drug-likeness (QED) is 0.632. The number of hydrogen-bond donors (Lipinski definition) is 1. The highest BCUT2D eigenvalue weighted by Crippen LogP contribution is 2.01. The lowest BCUT2D eigenvalue weighted by Gasteiger charge is -2.34. The highest BCUT2D eigenvalue weighted by atomic mass is 16.3. The first-order valence-electron chi connectivity index (χ1n) is 6.00. The van der Waals surface area contributed by atoms with E-state index in [0.717, 1.165) is 45.8 Å². The van der Waals surface area contributed by atoms with Gasteiger partial charge in [-0.1, -0.05) is 6.08 Å². The average molecular weight is 227 g/mol. The van der Waals surface area contributed by atoms with E-state index in [1.54, 1.807) is 0 Å². The van der Waals surface area contributed by atoms with Crippen LogP contribution in [0.3, 0.4) is 0 Å². The van der Waals surface area contributed by atoms with Gasteiger partial charge in [-0.25, -0.2) is 0 Å². The van der Waals surface area contributed by atoms with E-state index in [1.807, 2.05) is 13.1 Å². The largest absolute Gasteiger partial charge is 0.390 e. The summed E-state index contributed by atoms with van der Waals surface area (Å²) in [6.45, 7) is 10.4. The fraction of sp³-hybridized carbons (Fsp3) is 0.833. The van der Waals surface area contributed by atoms with Crippen molar-refractivity contribution in [1.29, 1.82) is 0 Å². The topological polar surface area (TPSA) is 30.0 Å². The summed E-state index contributed by atoms with van der Waals surface area (Å²) >= 11 is 0. The van der Waals surface area contributed by atoms with Gasteiger partial charge in [0.05, 0.1) is 6.10 Å². The van der Waals surface area contributed by atoms with Gasteiger partial charge in [0.15, 0.2) is 0 Å². The van der Waals surface area contributed by atoms with Gasteiger partial charge in [-0.3, -0.25) is 4.90 Å². The SMILES string of the molecule is C=CCN(C)CC(O)CN1CCN(C)CC1. The van der Waals surface area contributed by atoms with Crippen LogP contribution in [0.5, 0.6) is 0 Å². The summed E-state index contributed by atoms with van der Waals surface area (Å²) in [7, 11) is 4.15. The Kier molecular flexibility index (Phi) is 5.98. The summed E-state index contributed by atoms with van der Waals surface area (Å²) in [5.74, 6) is 0. The number of nitrogens with zero attached hydrogens (tertiary/aromatic N) is 3. The van der Waals surface area contributed by atoms with Gasteiger partial charge in [0.25, 0.3) is 0 Å². The molecule has 1 unspecified atom stereocenters. The van der Waals surface area contributed by atoms with E-state index in [4.69, 9.17) is 0 Å². The van der Waals surface area contributed by atoms with E-state index in [2.05, 4.69) is 28.3 Å². The predicted octanol–water partition coefficient (Wildman–Crippen LogP) is -0.287. The van der Waals surface area contributed by atoms with E-state index in [-0.39, 0.29) is 6.10 Å². The number of likely N-dealkylation sites (N-methyl/N-ethyl adjacent to an activating group) is 2. The summed E-state index contributed by atoms with van der Waals surface area (Å²) < 4.78 is 0. The first kappa shape index (κ1) is 13.6. The molecular formula is C12H25N3O. The molecule has 0 aromatic rings. The monoisotopic (exact) mass is 227 g/mol. The molecule has 94 valence electrons. The first-order chi connectivity index (χ1) is 7.61.